The first-order chi connectivity index (χ1) is 10.5. The number of aromatic nitrogens is 4. The van der Waals surface area contributed by atoms with Gasteiger partial charge < -0.3 is 0 Å². The molecule has 3 rings (SSSR count). The van der Waals surface area contributed by atoms with Crippen molar-refractivity contribution in [1.29, 1.82) is 0 Å². The van der Waals surface area contributed by atoms with E-state index >= 15 is 0 Å². The van der Waals surface area contributed by atoms with Gasteiger partial charge in [-0.1, -0.05) is 29.8 Å². The Morgan fingerprint density at radius 2 is 1.91 bits per heavy atom. The second-order valence-electron chi connectivity index (χ2n) is 4.38. The molecule has 0 amide bonds. The third kappa shape index (κ3) is 3.07. The van der Waals surface area contributed by atoms with Crippen LogP contribution < -0.4 is 4.72 Å². The van der Waals surface area contributed by atoms with E-state index in [0.29, 0.717) is 22.1 Å². The molecule has 0 fully saturated rings. The second kappa shape index (κ2) is 5.74. The first-order valence-corrected chi connectivity index (χ1v) is 8.03. The Labute approximate surface area is 131 Å². The van der Waals surface area contributed by atoms with Crippen LogP contribution in [0.3, 0.4) is 0 Å². The number of rotatable bonds is 4. The number of tetrazole rings is 1. The smallest absolute Gasteiger partial charge is 0.261 e. The van der Waals surface area contributed by atoms with E-state index in [4.69, 9.17) is 11.6 Å². The van der Waals surface area contributed by atoms with Gasteiger partial charge in [0.05, 0.1) is 4.90 Å². The zero-order valence-corrected chi connectivity index (χ0v) is 12.6. The predicted molar refractivity (Wildman–Crippen MR) is 81.9 cm³/mol. The van der Waals surface area contributed by atoms with E-state index in [1.807, 2.05) is 0 Å². The summed E-state index contributed by atoms with van der Waals surface area (Å²) in [5.41, 5.74) is 1.03. The second-order valence-corrected chi connectivity index (χ2v) is 6.50. The molecule has 2 aromatic carbocycles. The summed E-state index contributed by atoms with van der Waals surface area (Å²) < 4.78 is 27.2. The fourth-order valence-corrected chi connectivity index (χ4v) is 3.20. The normalized spacial score (nSPS) is 11.3. The molecule has 7 nitrogen and oxygen atoms in total. The third-order valence-electron chi connectivity index (χ3n) is 2.82. The van der Waals surface area contributed by atoms with Crippen molar-refractivity contribution >= 4 is 27.3 Å². The van der Waals surface area contributed by atoms with Gasteiger partial charge in [0.1, 0.15) is 0 Å². The lowest BCUT2D eigenvalue weighted by Gasteiger charge is -2.09. The van der Waals surface area contributed by atoms with E-state index in [0.717, 1.165) is 0 Å². The van der Waals surface area contributed by atoms with Gasteiger partial charge in [-0.15, -0.1) is 10.2 Å². The van der Waals surface area contributed by atoms with Gasteiger partial charge in [-0.25, -0.2) is 8.42 Å². The van der Waals surface area contributed by atoms with Crippen LogP contribution in [0, 0.1) is 0 Å². The number of H-pyrrole nitrogens is 1. The number of nitrogens with one attached hydrogen (secondary N) is 2. The number of aromatic amines is 1. The highest BCUT2D eigenvalue weighted by molar-refractivity contribution is 7.92. The number of halogens is 1. The van der Waals surface area contributed by atoms with Crippen LogP contribution in [0.25, 0.3) is 11.4 Å². The average Bonchev–Trinajstić information content (AvgIpc) is 3.01. The minimum absolute atomic E-state index is 0.0879. The Morgan fingerprint density at radius 3 is 2.64 bits per heavy atom. The molecule has 0 saturated heterocycles. The van der Waals surface area contributed by atoms with Crippen molar-refractivity contribution in [3.05, 3.63) is 53.6 Å². The molecule has 1 aromatic heterocycles. The summed E-state index contributed by atoms with van der Waals surface area (Å²) in [6.45, 7) is 0. The lowest BCUT2D eigenvalue weighted by Crippen LogP contribution is -2.12. The first-order valence-electron chi connectivity index (χ1n) is 6.17. The Kier molecular flexibility index (Phi) is 3.78. The highest BCUT2D eigenvalue weighted by atomic mass is 35.5. The number of nitrogens with zero attached hydrogens (tertiary/aromatic N) is 3. The first kappa shape index (κ1) is 14.5. The lowest BCUT2D eigenvalue weighted by molar-refractivity contribution is 0.601. The van der Waals surface area contributed by atoms with Crippen LogP contribution in [0.1, 0.15) is 0 Å². The maximum absolute atomic E-state index is 12.3. The third-order valence-corrected chi connectivity index (χ3v) is 4.44. The number of anilines is 1. The summed E-state index contributed by atoms with van der Waals surface area (Å²) in [5.74, 6) is 0.379. The highest BCUT2D eigenvalue weighted by Crippen LogP contribution is 2.22. The van der Waals surface area contributed by atoms with Gasteiger partial charge in [0, 0.05) is 16.3 Å². The van der Waals surface area contributed by atoms with Gasteiger partial charge in [0.2, 0.25) is 5.82 Å². The minimum atomic E-state index is -3.72. The molecule has 0 atom stereocenters. The summed E-state index contributed by atoms with van der Waals surface area (Å²) in [6, 6.07) is 12.7. The van der Waals surface area contributed by atoms with E-state index < -0.39 is 10.0 Å². The fourth-order valence-electron chi connectivity index (χ4n) is 1.85. The molecule has 3 aromatic rings. The van der Waals surface area contributed by atoms with Crippen molar-refractivity contribution in [2.75, 3.05) is 4.72 Å². The Balaban J connectivity index is 1.91. The van der Waals surface area contributed by atoms with E-state index in [1.54, 1.807) is 36.4 Å². The Morgan fingerprint density at radius 1 is 1.09 bits per heavy atom. The zero-order valence-electron chi connectivity index (χ0n) is 11.1. The van der Waals surface area contributed by atoms with Crippen molar-refractivity contribution in [1.82, 2.24) is 20.6 Å². The largest absolute Gasteiger partial charge is 0.280 e. The average molecular weight is 336 g/mol. The molecule has 2 N–H and O–H groups in total. The van der Waals surface area contributed by atoms with Crippen LogP contribution in [-0.2, 0) is 10.0 Å². The summed E-state index contributed by atoms with van der Waals surface area (Å²) in [4.78, 5) is 0.0879. The summed E-state index contributed by atoms with van der Waals surface area (Å²) in [7, 11) is -3.72. The number of benzene rings is 2. The van der Waals surface area contributed by atoms with E-state index in [9.17, 15) is 8.42 Å². The Bertz CT molecular complexity index is 896. The van der Waals surface area contributed by atoms with Crippen molar-refractivity contribution < 1.29 is 8.42 Å². The van der Waals surface area contributed by atoms with Crippen LogP contribution >= 0.6 is 11.6 Å². The van der Waals surface area contributed by atoms with E-state index in [2.05, 4.69) is 25.3 Å². The van der Waals surface area contributed by atoms with Crippen LogP contribution in [0.4, 0.5) is 5.69 Å². The standard InChI is InChI=1S/C13H10ClN5O2S/c14-10-4-2-6-12(8-10)22(20,21)17-11-5-1-3-9(7-11)13-15-18-19-16-13/h1-8,17H,(H,15,16,18,19). The van der Waals surface area contributed by atoms with Crippen LogP contribution in [0.15, 0.2) is 53.4 Å². The molecule has 1 heterocycles. The number of hydrogen-bond acceptors (Lipinski definition) is 5. The van der Waals surface area contributed by atoms with Crippen molar-refractivity contribution in [2.24, 2.45) is 0 Å². The molecule has 0 bridgehead atoms. The van der Waals surface area contributed by atoms with Gasteiger partial charge in [-0.05, 0) is 35.5 Å². The molecule has 0 aliphatic carbocycles. The summed E-state index contributed by atoms with van der Waals surface area (Å²) >= 11 is 5.83. The summed E-state index contributed by atoms with van der Waals surface area (Å²) in [6.07, 6.45) is 0. The van der Waals surface area contributed by atoms with Gasteiger partial charge in [-0.2, -0.15) is 5.21 Å². The predicted octanol–water partition coefficient (Wildman–Crippen LogP) is 2.32. The molecule has 0 aliphatic rings. The quantitative estimate of drug-likeness (QED) is 0.762. The fraction of sp³-hybridized carbons (Fsp3) is 0. The van der Waals surface area contributed by atoms with Crippen molar-refractivity contribution in [2.45, 2.75) is 4.90 Å². The van der Waals surface area contributed by atoms with Gasteiger partial charge in [0.25, 0.3) is 10.0 Å². The lowest BCUT2D eigenvalue weighted by atomic mass is 10.2. The summed E-state index contributed by atoms with van der Waals surface area (Å²) in [5, 5.41) is 13.9. The van der Waals surface area contributed by atoms with Gasteiger partial charge in [0.15, 0.2) is 0 Å². The van der Waals surface area contributed by atoms with Crippen molar-refractivity contribution in [3.63, 3.8) is 0 Å². The molecular weight excluding hydrogens is 326 g/mol. The highest BCUT2D eigenvalue weighted by Gasteiger charge is 2.15. The van der Waals surface area contributed by atoms with Crippen molar-refractivity contribution in [3.8, 4) is 11.4 Å². The monoisotopic (exact) mass is 335 g/mol. The zero-order chi connectivity index (χ0) is 15.6. The maximum Gasteiger partial charge on any atom is 0.261 e. The van der Waals surface area contributed by atoms with E-state index in [-0.39, 0.29) is 4.90 Å². The van der Waals surface area contributed by atoms with Crippen LogP contribution in [0.2, 0.25) is 5.02 Å². The molecule has 0 radical (unpaired) electrons. The molecular formula is C13H10ClN5O2S. The molecule has 0 aliphatic heterocycles. The van der Waals surface area contributed by atoms with Gasteiger partial charge in [-0.3, -0.25) is 4.72 Å². The SMILES string of the molecule is O=S(=O)(Nc1cccc(-c2nn[nH]n2)c1)c1cccc(Cl)c1. The number of hydrogen-bond donors (Lipinski definition) is 2. The van der Waals surface area contributed by atoms with E-state index in [1.165, 1.54) is 12.1 Å². The Hall–Kier alpha value is -2.45. The van der Waals surface area contributed by atoms with Crippen LogP contribution in [0.5, 0.6) is 0 Å². The minimum Gasteiger partial charge on any atom is -0.280 e. The molecule has 0 unspecified atom stereocenters. The molecule has 22 heavy (non-hydrogen) atoms. The molecule has 112 valence electrons. The molecule has 0 spiro atoms. The molecule has 9 heteroatoms. The molecule has 0 saturated carbocycles. The van der Waals surface area contributed by atoms with Crippen LogP contribution in [-0.4, -0.2) is 29.0 Å². The maximum atomic E-state index is 12.3. The van der Waals surface area contributed by atoms with Gasteiger partial charge >= 0.3 is 0 Å². The topological polar surface area (TPSA) is 101 Å². The number of sulfonamides is 1.